The first-order valence-corrected chi connectivity index (χ1v) is 13.2. The van der Waals surface area contributed by atoms with Crippen molar-refractivity contribution in [1.29, 1.82) is 0 Å². The second-order valence-electron chi connectivity index (χ2n) is 2.65. The molecule has 0 amide bonds. The summed E-state index contributed by atoms with van der Waals surface area (Å²) in [5.74, 6) is 1.94. The summed E-state index contributed by atoms with van der Waals surface area (Å²) in [7, 11) is 17.0. The molecule has 0 fully saturated rings. The molecule has 0 saturated heterocycles. The molecule has 2 aromatic rings. The molecule has 2 aromatic heterocycles. The van der Waals surface area contributed by atoms with Crippen molar-refractivity contribution in [2.45, 2.75) is 13.8 Å². The van der Waals surface area contributed by atoms with Gasteiger partial charge < -0.3 is 9.97 Å². The molecule has 0 aliphatic heterocycles. The van der Waals surface area contributed by atoms with Crippen molar-refractivity contribution in [2.75, 3.05) is 0 Å². The molecule has 2 heterocycles. The predicted octanol–water partition coefficient (Wildman–Crippen LogP) is 4.19. The Kier molecular flexibility index (Phi) is 9.29. The Morgan fingerprint density at radius 2 is 1.18 bits per heavy atom. The summed E-state index contributed by atoms with van der Waals surface area (Å²) in [6.45, 7) is 3.83. The van der Waals surface area contributed by atoms with E-state index in [2.05, 4.69) is 19.9 Å². The monoisotopic (exact) mass is 406 g/mol. The fourth-order valence-corrected chi connectivity index (χ4v) is 0.688. The van der Waals surface area contributed by atoms with Gasteiger partial charge in [0, 0.05) is 24.8 Å². The molecule has 0 unspecified atom stereocenters. The van der Waals surface area contributed by atoms with Crippen LogP contribution in [0, 0.1) is 13.8 Å². The van der Waals surface area contributed by atoms with Crippen LogP contribution < -0.4 is 0 Å². The molecule has 0 aliphatic carbocycles. The summed E-state index contributed by atoms with van der Waals surface area (Å²) in [5.41, 5.74) is 0. The zero-order valence-electron chi connectivity index (χ0n) is 9.07. The minimum atomic E-state index is -2.97. The van der Waals surface area contributed by atoms with Crippen LogP contribution in [-0.2, 0) is 10.8 Å². The van der Waals surface area contributed by atoms with Crippen LogP contribution in [0.3, 0.4) is 0 Å². The van der Waals surface area contributed by atoms with E-state index in [1.807, 2.05) is 13.8 Å². The summed E-state index contributed by atoms with van der Waals surface area (Å²) in [5, 5.41) is 0. The van der Waals surface area contributed by atoms with E-state index in [0.717, 1.165) is 11.6 Å². The molecule has 0 aliphatic rings. The van der Waals surface area contributed by atoms with E-state index in [0.29, 0.717) is 0 Å². The number of rotatable bonds is 0. The van der Waals surface area contributed by atoms with E-state index < -0.39 is 10.8 Å². The Bertz CT molecular complexity index is 332. The van der Waals surface area contributed by atoms with Gasteiger partial charge >= 0.3 is 49.6 Å². The molecule has 0 saturated carbocycles. The third-order valence-electron chi connectivity index (χ3n) is 1.27. The van der Waals surface area contributed by atoms with Gasteiger partial charge in [-0.1, -0.05) is 0 Å². The minimum absolute atomic E-state index is 0.968. The van der Waals surface area contributed by atoms with Crippen molar-refractivity contribution in [3.05, 3.63) is 36.4 Å². The van der Waals surface area contributed by atoms with Crippen LogP contribution in [0.15, 0.2) is 24.8 Å². The van der Waals surface area contributed by atoms with Gasteiger partial charge in [-0.3, -0.25) is 0 Å². The summed E-state index contributed by atoms with van der Waals surface area (Å²) in [6, 6.07) is 0. The molecule has 17 heavy (non-hydrogen) atoms. The summed E-state index contributed by atoms with van der Waals surface area (Å²) in [6.07, 6.45) is 7.06. The van der Waals surface area contributed by atoms with Gasteiger partial charge in [0.2, 0.25) is 0 Å². The fraction of sp³-hybridized carbons (Fsp3) is 0.250. The maximum absolute atomic E-state index is 5.00. The van der Waals surface area contributed by atoms with Crippen LogP contribution in [0.5, 0.6) is 0 Å². The third-order valence-corrected chi connectivity index (χ3v) is 1.27. The van der Waals surface area contributed by atoms with Crippen molar-refractivity contribution in [2.24, 2.45) is 0 Å². The van der Waals surface area contributed by atoms with Crippen molar-refractivity contribution >= 4 is 38.8 Å². The number of aromatic nitrogens is 4. The summed E-state index contributed by atoms with van der Waals surface area (Å²) >= 11 is 0. The fourth-order valence-electron chi connectivity index (χ4n) is 0.688. The van der Waals surface area contributed by atoms with Crippen LogP contribution in [0.4, 0.5) is 0 Å². The van der Waals surface area contributed by atoms with E-state index in [1.54, 1.807) is 24.8 Å². The number of hydrogen-bond acceptors (Lipinski definition) is 2. The van der Waals surface area contributed by atoms with Gasteiger partial charge in [0.25, 0.3) is 0 Å². The van der Waals surface area contributed by atoms with Crippen LogP contribution in [0.25, 0.3) is 0 Å². The standard InChI is InChI=1S/2C4H6N2.4ClH.Ru/c2*1-4-5-2-3-6-4;;;;;/h2*2-3H,1H3,(H,5,6);4*1H;/q;;;;;;+4/p-4. The van der Waals surface area contributed by atoms with Crippen LogP contribution in [-0.4, -0.2) is 19.9 Å². The van der Waals surface area contributed by atoms with E-state index in [9.17, 15) is 0 Å². The Morgan fingerprint density at radius 3 is 1.24 bits per heavy atom. The van der Waals surface area contributed by atoms with E-state index in [1.165, 1.54) is 0 Å². The van der Waals surface area contributed by atoms with Gasteiger partial charge in [-0.05, 0) is 13.8 Å². The Hall–Kier alpha value is 0.203. The molecule has 0 aromatic carbocycles. The molecule has 2 N–H and O–H groups in total. The number of aromatic amines is 2. The van der Waals surface area contributed by atoms with E-state index >= 15 is 0 Å². The summed E-state index contributed by atoms with van der Waals surface area (Å²) < 4.78 is 0. The number of H-pyrrole nitrogens is 2. The average molecular weight is 407 g/mol. The second kappa shape index (κ2) is 9.18. The van der Waals surface area contributed by atoms with Crippen molar-refractivity contribution in [1.82, 2.24) is 19.9 Å². The second-order valence-corrected chi connectivity index (χ2v) is 18.5. The average Bonchev–Trinajstić information content (AvgIpc) is 2.76. The number of hydrogen-bond donors (Lipinski definition) is 2. The van der Waals surface area contributed by atoms with Gasteiger partial charge in [-0.25, -0.2) is 9.97 Å². The molecule has 0 spiro atoms. The van der Waals surface area contributed by atoms with Crippen molar-refractivity contribution in [3.8, 4) is 0 Å². The van der Waals surface area contributed by atoms with Crippen LogP contribution >= 0.6 is 38.8 Å². The zero-order valence-corrected chi connectivity index (χ0v) is 13.8. The predicted molar refractivity (Wildman–Crippen MR) is 70.1 cm³/mol. The molecule has 0 bridgehead atoms. The maximum atomic E-state index is 5.00. The molecule has 0 atom stereocenters. The van der Waals surface area contributed by atoms with Gasteiger partial charge in [0.05, 0.1) is 0 Å². The van der Waals surface area contributed by atoms with E-state index in [4.69, 9.17) is 38.8 Å². The Balaban J connectivity index is 0.000000228. The first-order valence-electron chi connectivity index (χ1n) is 4.24. The molecule has 9 heteroatoms. The molecule has 100 valence electrons. The number of halogens is 4. The summed E-state index contributed by atoms with van der Waals surface area (Å²) in [4.78, 5) is 13.5. The van der Waals surface area contributed by atoms with Crippen molar-refractivity contribution < 1.29 is 10.8 Å². The first kappa shape index (κ1) is 17.2. The van der Waals surface area contributed by atoms with Crippen LogP contribution in [0.1, 0.15) is 11.6 Å². The normalized spacial score (nSPS) is 10.7. The number of nitrogens with one attached hydrogen (secondary N) is 2. The molecule has 0 radical (unpaired) electrons. The molecule has 4 nitrogen and oxygen atoms in total. The zero-order chi connectivity index (χ0) is 13.3. The van der Waals surface area contributed by atoms with E-state index in [-0.39, 0.29) is 0 Å². The molecular weight excluding hydrogens is 395 g/mol. The first-order chi connectivity index (χ1) is 7.79. The topological polar surface area (TPSA) is 57.4 Å². The third kappa shape index (κ3) is 16.2. The number of nitrogens with zero attached hydrogens (tertiary/aromatic N) is 2. The quantitative estimate of drug-likeness (QED) is 0.644. The number of aryl methyl sites for hydroxylation is 2. The SMILES string of the molecule is Cc1ncc[nH]1.Cc1ncc[nH]1.[Cl][Ru]([Cl])([Cl])[Cl]. The van der Waals surface area contributed by atoms with Gasteiger partial charge in [-0.15, -0.1) is 0 Å². The van der Waals surface area contributed by atoms with Gasteiger partial charge in [0.1, 0.15) is 11.6 Å². The number of imidazole rings is 2. The Morgan fingerprint density at radius 1 is 0.882 bits per heavy atom. The Labute approximate surface area is 119 Å². The van der Waals surface area contributed by atoms with Gasteiger partial charge in [0.15, 0.2) is 0 Å². The van der Waals surface area contributed by atoms with Gasteiger partial charge in [-0.2, -0.15) is 0 Å². The van der Waals surface area contributed by atoms with Crippen molar-refractivity contribution in [3.63, 3.8) is 0 Å². The molecular formula is C8H12Cl4N4Ru. The molecule has 2 rings (SSSR count). The van der Waals surface area contributed by atoms with Crippen LogP contribution in [0.2, 0.25) is 0 Å².